The molecule has 3 nitrogen and oxygen atoms in total. The van der Waals surface area contributed by atoms with E-state index in [-0.39, 0.29) is 9.83 Å². The Morgan fingerprint density at radius 3 is 1.96 bits per heavy atom. The minimum atomic E-state index is -0.169. The number of hydrogen-bond acceptors (Lipinski definition) is 1. The van der Waals surface area contributed by atoms with Crippen LogP contribution in [-0.2, 0) is 11.3 Å². The number of benzene rings is 3. The van der Waals surface area contributed by atoms with Gasteiger partial charge in [0.25, 0.3) is 0 Å². The third kappa shape index (κ3) is 3.14. The van der Waals surface area contributed by atoms with Crippen LogP contribution in [0.2, 0.25) is 0 Å². The van der Waals surface area contributed by atoms with Crippen LogP contribution in [0.1, 0.15) is 0 Å². The second-order valence-corrected chi connectivity index (χ2v) is 7.47. The second-order valence-electron chi connectivity index (χ2n) is 5.97. The highest BCUT2D eigenvalue weighted by atomic mass is 127. The van der Waals surface area contributed by atoms with Crippen molar-refractivity contribution in [3.63, 3.8) is 0 Å². The molecule has 0 saturated heterocycles. The molecule has 4 rings (SSSR count). The molecule has 0 aliphatic heterocycles. The SMILES string of the molecule is O=C(Nc1ccccc1)[C@@H](I)Cn1c2ccccc2c2ccccc21. The van der Waals surface area contributed by atoms with Crippen LogP contribution in [0.3, 0.4) is 0 Å². The Labute approximate surface area is 159 Å². The van der Waals surface area contributed by atoms with Gasteiger partial charge in [-0.1, -0.05) is 77.2 Å². The first-order chi connectivity index (χ1) is 12.2. The molecular weight excluding hydrogens is 423 g/mol. The fraction of sp³-hybridized carbons (Fsp3) is 0.0952. The van der Waals surface area contributed by atoms with Crippen LogP contribution in [0.25, 0.3) is 21.8 Å². The molecule has 1 N–H and O–H groups in total. The molecule has 1 amide bonds. The predicted molar refractivity (Wildman–Crippen MR) is 112 cm³/mol. The van der Waals surface area contributed by atoms with Crippen LogP contribution in [0.15, 0.2) is 78.9 Å². The summed E-state index contributed by atoms with van der Waals surface area (Å²) in [6, 6.07) is 26.3. The third-order valence-electron chi connectivity index (χ3n) is 4.35. The van der Waals surface area contributed by atoms with Gasteiger partial charge in [0.15, 0.2) is 0 Å². The molecule has 4 aromatic rings. The molecule has 25 heavy (non-hydrogen) atoms. The fourth-order valence-electron chi connectivity index (χ4n) is 3.19. The molecule has 4 heteroatoms. The van der Waals surface area contributed by atoms with E-state index < -0.39 is 0 Å². The molecular formula is C21H17IN2O. The number of rotatable bonds is 4. The number of para-hydroxylation sites is 3. The van der Waals surface area contributed by atoms with Crippen LogP contribution in [0.5, 0.6) is 0 Å². The molecule has 0 saturated carbocycles. The van der Waals surface area contributed by atoms with Crippen LogP contribution < -0.4 is 5.32 Å². The molecule has 0 bridgehead atoms. The fourth-order valence-corrected chi connectivity index (χ4v) is 3.73. The summed E-state index contributed by atoms with van der Waals surface area (Å²) >= 11 is 2.23. The molecule has 0 unspecified atom stereocenters. The number of nitrogens with one attached hydrogen (secondary N) is 1. The number of carbonyl (C=O) groups excluding carboxylic acids is 1. The van der Waals surface area contributed by atoms with Gasteiger partial charge in [0.2, 0.25) is 5.91 Å². The molecule has 0 aliphatic rings. The highest BCUT2D eigenvalue weighted by Gasteiger charge is 2.18. The van der Waals surface area contributed by atoms with Crippen LogP contribution in [0, 0.1) is 0 Å². The molecule has 0 radical (unpaired) electrons. The van der Waals surface area contributed by atoms with Gasteiger partial charge >= 0.3 is 0 Å². The number of anilines is 1. The Bertz CT molecular complexity index is 986. The van der Waals surface area contributed by atoms with Gasteiger partial charge in [0.1, 0.15) is 3.92 Å². The van der Waals surface area contributed by atoms with Crippen molar-refractivity contribution < 1.29 is 4.79 Å². The van der Waals surface area contributed by atoms with Crippen molar-refractivity contribution >= 4 is 56.0 Å². The zero-order chi connectivity index (χ0) is 17.2. The van der Waals surface area contributed by atoms with E-state index >= 15 is 0 Å². The summed E-state index contributed by atoms with van der Waals surface area (Å²) < 4.78 is 2.07. The number of fused-ring (bicyclic) bond motifs is 3. The molecule has 1 atom stereocenters. The summed E-state index contributed by atoms with van der Waals surface area (Å²) in [6.07, 6.45) is 0. The van der Waals surface area contributed by atoms with Crippen molar-refractivity contribution in [3.8, 4) is 0 Å². The van der Waals surface area contributed by atoms with Crippen LogP contribution in [-0.4, -0.2) is 14.4 Å². The minimum Gasteiger partial charge on any atom is -0.339 e. The van der Waals surface area contributed by atoms with Crippen molar-refractivity contribution in [2.45, 2.75) is 10.5 Å². The van der Waals surface area contributed by atoms with E-state index in [9.17, 15) is 4.79 Å². The summed E-state index contributed by atoms with van der Waals surface area (Å²) in [5.74, 6) is 0.0219. The average molecular weight is 440 g/mol. The average Bonchev–Trinajstić information content (AvgIpc) is 2.97. The summed E-state index contributed by atoms with van der Waals surface area (Å²) in [7, 11) is 0. The third-order valence-corrected chi connectivity index (χ3v) is 5.31. The van der Waals surface area contributed by atoms with Gasteiger partial charge in [-0.2, -0.15) is 0 Å². The number of hydrogen-bond donors (Lipinski definition) is 1. The van der Waals surface area contributed by atoms with Gasteiger partial charge in [0.05, 0.1) is 0 Å². The summed E-state index contributed by atoms with van der Waals surface area (Å²) in [6.45, 7) is 0.632. The highest BCUT2D eigenvalue weighted by Crippen LogP contribution is 2.29. The molecule has 1 heterocycles. The van der Waals surface area contributed by atoms with Gasteiger partial charge in [-0.15, -0.1) is 0 Å². The molecule has 1 aromatic heterocycles. The first kappa shape index (κ1) is 16.1. The van der Waals surface area contributed by atoms with E-state index in [4.69, 9.17) is 0 Å². The summed E-state index contributed by atoms with van der Waals surface area (Å²) in [5, 5.41) is 5.44. The molecule has 0 fully saturated rings. The maximum absolute atomic E-state index is 12.6. The number of amides is 1. The van der Waals surface area contributed by atoms with Gasteiger partial charge in [0, 0.05) is 34.0 Å². The minimum absolute atomic E-state index is 0.0219. The second kappa shape index (κ2) is 6.88. The van der Waals surface area contributed by atoms with E-state index in [2.05, 4.69) is 68.9 Å². The molecule has 3 aromatic carbocycles. The lowest BCUT2D eigenvalue weighted by Crippen LogP contribution is -2.26. The Morgan fingerprint density at radius 2 is 1.36 bits per heavy atom. The Kier molecular flexibility index (Phi) is 4.44. The summed E-state index contributed by atoms with van der Waals surface area (Å²) in [5.41, 5.74) is 3.16. The number of carbonyl (C=O) groups is 1. The Balaban J connectivity index is 1.66. The largest absolute Gasteiger partial charge is 0.339 e. The first-order valence-electron chi connectivity index (χ1n) is 8.20. The smallest absolute Gasteiger partial charge is 0.239 e. The van der Waals surface area contributed by atoms with Crippen molar-refractivity contribution in [2.24, 2.45) is 0 Å². The van der Waals surface area contributed by atoms with Gasteiger partial charge in [-0.25, -0.2) is 0 Å². The van der Waals surface area contributed by atoms with Gasteiger partial charge < -0.3 is 9.88 Å². The predicted octanol–water partition coefficient (Wildman–Crippen LogP) is 5.24. The van der Waals surface area contributed by atoms with Gasteiger partial charge in [-0.05, 0) is 24.3 Å². The number of nitrogens with zero attached hydrogens (tertiary/aromatic N) is 1. The van der Waals surface area contributed by atoms with Crippen LogP contribution >= 0.6 is 22.6 Å². The maximum atomic E-state index is 12.6. The van der Waals surface area contributed by atoms with E-state index in [1.54, 1.807) is 0 Å². The zero-order valence-electron chi connectivity index (χ0n) is 13.5. The zero-order valence-corrected chi connectivity index (χ0v) is 15.7. The molecule has 0 spiro atoms. The number of alkyl halides is 1. The van der Waals surface area contributed by atoms with Crippen molar-refractivity contribution in [3.05, 3.63) is 78.9 Å². The van der Waals surface area contributed by atoms with E-state index in [1.807, 2.05) is 42.5 Å². The van der Waals surface area contributed by atoms with Crippen molar-refractivity contribution in [2.75, 3.05) is 5.32 Å². The standard InChI is InChI=1S/C21H17IN2O/c22-18(21(25)23-15-8-2-1-3-9-15)14-24-19-12-6-4-10-16(19)17-11-5-7-13-20(17)24/h1-13,18H,14H2,(H,23,25)/t18-/m0/s1. The van der Waals surface area contributed by atoms with Crippen molar-refractivity contribution in [1.29, 1.82) is 0 Å². The normalized spacial score (nSPS) is 12.4. The van der Waals surface area contributed by atoms with E-state index in [0.29, 0.717) is 6.54 Å². The number of halogens is 1. The molecule has 0 aliphatic carbocycles. The Hall–Kier alpha value is -2.34. The topological polar surface area (TPSA) is 34.0 Å². The maximum Gasteiger partial charge on any atom is 0.239 e. The van der Waals surface area contributed by atoms with E-state index in [1.165, 1.54) is 10.8 Å². The lowest BCUT2D eigenvalue weighted by Gasteiger charge is -2.14. The first-order valence-corrected chi connectivity index (χ1v) is 9.44. The summed E-state index contributed by atoms with van der Waals surface area (Å²) in [4.78, 5) is 12.6. The lowest BCUT2D eigenvalue weighted by atomic mass is 10.2. The van der Waals surface area contributed by atoms with Crippen molar-refractivity contribution in [1.82, 2.24) is 4.57 Å². The lowest BCUT2D eigenvalue weighted by molar-refractivity contribution is -0.115. The monoisotopic (exact) mass is 440 g/mol. The molecule has 124 valence electrons. The van der Waals surface area contributed by atoms with E-state index in [0.717, 1.165) is 16.7 Å². The highest BCUT2D eigenvalue weighted by molar-refractivity contribution is 14.1. The van der Waals surface area contributed by atoms with Gasteiger partial charge in [-0.3, -0.25) is 4.79 Å². The Morgan fingerprint density at radius 1 is 0.840 bits per heavy atom. The van der Waals surface area contributed by atoms with Crippen LogP contribution in [0.4, 0.5) is 5.69 Å². The number of aromatic nitrogens is 1. The quantitative estimate of drug-likeness (QED) is 0.342.